The summed E-state index contributed by atoms with van der Waals surface area (Å²) in [4.78, 5) is 23.9. The van der Waals surface area contributed by atoms with Gasteiger partial charge in [0, 0.05) is 6.42 Å². The molecule has 0 bridgehead atoms. The van der Waals surface area contributed by atoms with E-state index >= 15 is 0 Å². The fraction of sp³-hybridized carbons (Fsp3) is 0.250. The number of nitrogens with one attached hydrogen (secondary N) is 2. The number of benzene rings is 1. The Balaban J connectivity index is 1.41. The third kappa shape index (κ3) is 6.38. The normalized spacial score (nSPS) is 10.6. The Kier molecular flexibility index (Phi) is 6.85. The molecule has 0 atom stereocenters. The molecule has 0 unspecified atom stereocenters. The summed E-state index contributed by atoms with van der Waals surface area (Å²) >= 11 is 3.80. The van der Waals surface area contributed by atoms with E-state index in [4.69, 9.17) is 0 Å². The van der Waals surface area contributed by atoms with E-state index in [2.05, 4.69) is 31.0 Å². The molecule has 0 spiro atoms. The van der Waals surface area contributed by atoms with Crippen LogP contribution in [-0.4, -0.2) is 38.0 Å². The molecule has 2 heterocycles. The van der Waals surface area contributed by atoms with E-state index in [1.54, 1.807) is 0 Å². The Morgan fingerprint density at radius 2 is 1.67 bits per heavy atom. The molecule has 8 nitrogen and oxygen atoms in total. The van der Waals surface area contributed by atoms with Crippen LogP contribution < -0.4 is 10.6 Å². The van der Waals surface area contributed by atoms with Crippen LogP contribution in [0.25, 0.3) is 0 Å². The van der Waals surface area contributed by atoms with Gasteiger partial charge in [0.1, 0.15) is 5.01 Å². The van der Waals surface area contributed by atoms with Gasteiger partial charge in [-0.05, 0) is 18.9 Å². The van der Waals surface area contributed by atoms with Crippen LogP contribution in [0.15, 0.2) is 34.7 Å². The lowest BCUT2D eigenvalue weighted by molar-refractivity contribution is -0.116. The summed E-state index contributed by atoms with van der Waals surface area (Å²) in [5.41, 5.74) is 1.11. The topological polar surface area (TPSA) is 110 Å². The first-order valence-corrected chi connectivity index (χ1v) is 10.6. The van der Waals surface area contributed by atoms with E-state index in [9.17, 15) is 9.59 Å². The summed E-state index contributed by atoms with van der Waals surface area (Å²) < 4.78 is 0.608. The third-order valence-electron chi connectivity index (χ3n) is 3.24. The number of carbonyl (C=O) groups excluding carboxylic acids is 2. The molecule has 140 valence electrons. The number of hydrogen-bond acceptors (Lipinski definition) is 9. The second-order valence-electron chi connectivity index (χ2n) is 5.37. The maximum absolute atomic E-state index is 12.0. The lowest BCUT2D eigenvalue weighted by Crippen LogP contribution is -2.13. The smallest absolute Gasteiger partial charge is 0.236 e. The SMILES string of the molecule is Cc1nnc(NC(=O)CSc2nnc(NC(=O)CCc3ccccc3)s2)s1. The van der Waals surface area contributed by atoms with Gasteiger partial charge in [0.25, 0.3) is 0 Å². The maximum atomic E-state index is 12.0. The van der Waals surface area contributed by atoms with E-state index in [0.29, 0.717) is 27.4 Å². The number of amides is 2. The van der Waals surface area contributed by atoms with Crippen molar-refractivity contribution in [2.24, 2.45) is 0 Å². The van der Waals surface area contributed by atoms with Crippen molar-refractivity contribution in [3.05, 3.63) is 40.9 Å². The van der Waals surface area contributed by atoms with Gasteiger partial charge in [0.05, 0.1) is 5.75 Å². The standard InChI is InChI=1S/C16H16N6O2S3/c1-10-19-20-14(26-10)18-13(24)9-25-16-22-21-15(27-16)17-12(23)8-7-11-5-3-2-4-6-11/h2-6H,7-9H2,1H3,(H,17,21,23)(H,18,20,24). The summed E-state index contributed by atoms with van der Waals surface area (Å²) in [6.45, 7) is 1.82. The predicted molar refractivity (Wildman–Crippen MR) is 107 cm³/mol. The lowest BCUT2D eigenvalue weighted by atomic mass is 10.1. The van der Waals surface area contributed by atoms with Crippen molar-refractivity contribution in [3.8, 4) is 0 Å². The fourth-order valence-corrected chi connectivity index (χ4v) is 4.21. The highest BCUT2D eigenvalue weighted by Crippen LogP contribution is 2.26. The Morgan fingerprint density at radius 1 is 0.963 bits per heavy atom. The first-order chi connectivity index (χ1) is 13.1. The van der Waals surface area contributed by atoms with Crippen LogP contribution in [0.2, 0.25) is 0 Å². The molecule has 2 N–H and O–H groups in total. The van der Waals surface area contributed by atoms with Gasteiger partial charge >= 0.3 is 0 Å². The Morgan fingerprint density at radius 3 is 2.41 bits per heavy atom. The summed E-state index contributed by atoms with van der Waals surface area (Å²) in [5.74, 6) is -0.134. The van der Waals surface area contributed by atoms with Crippen LogP contribution in [0.4, 0.5) is 10.3 Å². The van der Waals surface area contributed by atoms with Crippen molar-refractivity contribution in [1.82, 2.24) is 20.4 Å². The van der Waals surface area contributed by atoms with E-state index < -0.39 is 0 Å². The molecule has 0 aliphatic heterocycles. The molecular weight excluding hydrogens is 404 g/mol. The number of nitrogens with zero attached hydrogens (tertiary/aromatic N) is 4. The summed E-state index contributed by atoms with van der Waals surface area (Å²) in [6.07, 6.45) is 1.04. The molecule has 0 fully saturated rings. The number of aromatic nitrogens is 4. The van der Waals surface area contributed by atoms with Crippen molar-refractivity contribution >= 4 is 56.5 Å². The number of thioether (sulfide) groups is 1. The minimum Gasteiger partial charge on any atom is -0.300 e. The van der Waals surface area contributed by atoms with Crippen LogP contribution in [0.1, 0.15) is 17.0 Å². The summed E-state index contributed by atoms with van der Waals surface area (Å²) in [6, 6.07) is 9.81. The van der Waals surface area contributed by atoms with Crippen molar-refractivity contribution in [2.45, 2.75) is 24.1 Å². The van der Waals surface area contributed by atoms with E-state index in [1.165, 1.54) is 34.4 Å². The van der Waals surface area contributed by atoms with Gasteiger partial charge < -0.3 is 5.32 Å². The second kappa shape index (κ2) is 9.53. The molecule has 0 saturated carbocycles. The molecule has 2 amide bonds. The second-order valence-corrected chi connectivity index (χ2v) is 8.75. The van der Waals surface area contributed by atoms with Gasteiger partial charge in [-0.1, -0.05) is 64.8 Å². The van der Waals surface area contributed by atoms with E-state index in [1.807, 2.05) is 37.3 Å². The van der Waals surface area contributed by atoms with Gasteiger partial charge in [-0.3, -0.25) is 14.9 Å². The molecule has 0 aliphatic rings. The van der Waals surface area contributed by atoms with Crippen LogP contribution in [0.5, 0.6) is 0 Å². The zero-order valence-electron chi connectivity index (χ0n) is 14.3. The largest absolute Gasteiger partial charge is 0.300 e. The zero-order chi connectivity index (χ0) is 19.1. The van der Waals surface area contributed by atoms with Crippen molar-refractivity contribution in [1.29, 1.82) is 0 Å². The first kappa shape index (κ1) is 19.4. The molecule has 0 saturated heterocycles. The number of carbonyl (C=O) groups is 2. The predicted octanol–water partition coefficient (Wildman–Crippen LogP) is 3.00. The van der Waals surface area contributed by atoms with Crippen LogP contribution in [0, 0.1) is 6.92 Å². The molecule has 1 aromatic carbocycles. The molecule has 0 aliphatic carbocycles. The Bertz CT molecular complexity index is 912. The maximum Gasteiger partial charge on any atom is 0.236 e. The summed E-state index contributed by atoms with van der Waals surface area (Å²) in [7, 11) is 0. The van der Waals surface area contributed by atoms with Crippen LogP contribution in [-0.2, 0) is 16.0 Å². The minimum atomic E-state index is -0.195. The fourth-order valence-electron chi connectivity index (χ4n) is 2.03. The number of rotatable bonds is 8. The van der Waals surface area contributed by atoms with Gasteiger partial charge in [-0.2, -0.15) is 0 Å². The van der Waals surface area contributed by atoms with Crippen LogP contribution >= 0.6 is 34.4 Å². The quantitative estimate of drug-likeness (QED) is 0.426. The Labute approximate surface area is 167 Å². The highest BCUT2D eigenvalue weighted by Gasteiger charge is 2.12. The van der Waals surface area contributed by atoms with Crippen molar-refractivity contribution in [2.75, 3.05) is 16.4 Å². The average molecular weight is 421 g/mol. The number of aryl methyl sites for hydroxylation is 2. The van der Waals surface area contributed by atoms with Crippen molar-refractivity contribution < 1.29 is 9.59 Å². The highest BCUT2D eigenvalue weighted by molar-refractivity contribution is 8.01. The highest BCUT2D eigenvalue weighted by atomic mass is 32.2. The van der Waals surface area contributed by atoms with E-state index in [-0.39, 0.29) is 17.6 Å². The molecular formula is C16H16N6O2S3. The van der Waals surface area contributed by atoms with Gasteiger partial charge in [-0.25, -0.2) is 0 Å². The third-order valence-corrected chi connectivity index (χ3v) is 5.96. The lowest BCUT2D eigenvalue weighted by Gasteiger charge is -2.01. The molecule has 3 aromatic rings. The van der Waals surface area contributed by atoms with Crippen LogP contribution in [0.3, 0.4) is 0 Å². The van der Waals surface area contributed by atoms with Gasteiger partial charge in [0.2, 0.25) is 22.1 Å². The molecule has 11 heteroatoms. The average Bonchev–Trinajstić information content (AvgIpc) is 3.28. The van der Waals surface area contributed by atoms with Gasteiger partial charge in [0.15, 0.2) is 4.34 Å². The van der Waals surface area contributed by atoms with Crippen molar-refractivity contribution in [3.63, 3.8) is 0 Å². The molecule has 0 radical (unpaired) electrons. The Hall–Kier alpha value is -2.37. The molecule has 2 aromatic heterocycles. The number of hydrogen-bond donors (Lipinski definition) is 2. The first-order valence-electron chi connectivity index (χ1n) is 7.98. The number of anilines is 2. The van der Waals surface area contributed by atoms with E-state index in [0.717, 1.165) is 10.6 Å². The zero-order valence-corrected chi connectivity index (χ0v) is 16.8. The monoisotopic (exact) mass is 420 g/mol. The molecule has 3 rings (SSSR count). The minimum absolute atomic E-state index is 0.115. The summed E-state index contributed by atoms with van der Waals surface area (Å²) in [5, 5.41) is 22.7. The molecule has 27 heavy (non-hydrogen) atoms. The van der Waals surface area contributed by atoms with Gasteiger partial charge in [-0.15, -0.1) is 20.4 Å².